The summed E-state index contributed by atoms with van der Waals surface area (Å²) < 4.78 is 1.68. The summed E-state index contributed by atoms with van der Waals surface area (Å²) in [5.41, 5.74) is 7.01. The number of nitrogens with two attached hydrogens (primary N) is 1. The summed E-state index contributed by atoms with van der Waals surface area (Å²) in [6.45, 7) is 8.19. The topological polar surface area (TPSA) is 72.9 Å². The fourth-order valence-corrected chi connectivity index (χ4v) is 2.43. The number of hydrogen-bond donors (Lipinski definition) is 2. The molecule has 0 aliphatic carbocycles. The van der Waals surface area contributed by atoms with Crippen LogP contribution >= 0.6 is 0 Å². The van der Waals surface area contributed by atoms with Crippen LogP contribution in [0, 0.1) is 5.41 Å². The molecule has 0 bridgehead atoms. The summed E-state index contributed by atoms with van der Waals surface area (Å²) in [7, 11) is 1.82. The highest BCUT2D eigenvalue weighted by Gasteiger charge is 2.31. The zero-order chi connectivity index (χ0) is 17.3. The van der Waals surface area contributed by atoms with E-state index in [4.69, 9.17) is 5.73 Å². The van der Waals surface area contributed by atoms with E-state index in [1.807, 2.05) is 43.4 Å². The first-order chi connectivity index (χ1) is 10.6. The number of nitrogens with one attached hydrogen (secondary N) is 1. The summed E-state index contributed by atoms with van der Waals surface area (Å²) in [6, 6.07) is 11.3. The molecule has 1 unspecified atom stereocenters. The lowest BCUT2D eigenvalue weighted by atomic mass is 9.90. The molecule has 0 spiro atoms. The van der Waals surface area contributed by atoms with Crippen LogP contribution in [0.25, 0.3) is 0 Å². The second-order valence-electron chi connectivity index (χ2n) is 7.40. The molecule has 2 aromatic rings. The summed E-state index contributed by atoms with van der Waals surface area (Å²) in [4.78, 5) is 12.6. The first kappa shape index (κ1) is 17.2. The third-order valence-electron chi connectivity index (χ3n) is 3.73. The largest absolute Gasteiger partial charge is 0.314 e. The zero-order valence-electron chi connectivity index (χ0n) is 14.6. The lowest BCUT2D eigenvalue weighted by Gasteiger charge is -2.23. The Hall–Kier alpha value is -2.14. The van der Waals surface area contributed by atoms with Crippen molar-refractivity contribution in [2.45, 2.75) is 39.7 Å². The Balaban J connectivity index is 2.17. The van der Waals surface area contributed by atoms with Crippen LogP contribution in [0.3, 0.4) is 0 Å². The lowest BCUT2D eigenvalue weighted by Crippen LogP contribution is -2.45. The van der Waals surface area contributed by atoms with Gasteiger partial charge in [0.1, 0.15) is 11.4 Å². The summed E-state index contributed by atoms with van der Waals surface area (Å²) in [6.07, 6.45) is 0.843. The first-order valence-corrected chi connectivity index (χ1v) is 7.78. The van der Waals surface area contributed by atoms with E-state index < -0.39 is 5.54 Å². The van der Waals surface area contributed by atoms with Crippen molar-refractivity contribution in [3.63, 3.8) is 0 Å². The van der Waals surface area contributed by atoms with Crippen molar-refractivity contribution in [2.75, 3.05) is 5.32 Å². The second kappa shape index (κ2) is 6.16. The number of rotatable bonds is 4. The van der Waals surface area contributed by atoms with Gasteiger partial charge in [-0.15, -0.1) is 0 Å². The number of anilines is 1. The van der Waals surface area contributed by atoms with Crippen LogP contribution < -0.4 is 11.1 Å². The predicted molar refractivity (Wildman–Crippen MR) is 93.0 cm³/mol. The van der Waals surface area contributed by atoms with Crippen molar-refractivity contribution in [3.8, 4) is 0 Å². The van der Waals surface area contributed by atoms with E-state index in [0.717, 1.165) is 17.7 Å². The number of amides is 1. The quantitative estimate of drug-likeness (QED) is 0.911. The molecule has 0 aliphatic rings. The van der Waals surface area contributed by atoms with E-state index >= 15 is 0 Å². The molecule has 0 fully saturated rings. The van der Waals surface area contributed by atoms with Crippen LogP contribution in [-0.4, -0.2) is 15.7 Å². The van der Waals surface area contributed by atoms with Crippen molar-refractivity contribution in [3.05, 3.63) is 47.7 Å². The van der Waals surface area contributed by atoms with Gasteiger partial charge >= 0.3 is 0 Å². The van der Waals surface area contributed by atoms with Gasteiger partial charge in [0.05, 0.1) is 5.69 Å². The van der Waals surface area contributed by atoms with Gasteiger partial charge in [0, 0.05) is 13.1 Å². The Labute approximate surface area is 137 Å². The maximum Gasteiger partial charge on any atom is 0.249 e. The molecule has 124 valence electrons. The summed E-state index contributed by atoms with van der Waals surface area (Å²) >= 11 is 0. The molecule has 3 N–H and O–H groups in total. The Morgan fingerprint density at radius 2 is 1.83 bits per heavy atom. The molecule has 23 heavy (non-hydrogen) atoms. The maximum absolute atomic E-state index is 12.6. The average molecular weight is 314 g/mol. The van der Waals surface area contributed by atoms with Crippen molar-refractivity contribution in [1.82, 2.24) is 9.78 Å². The summed E-state index contributed by atoms with van der Waals surface area (Å²) in [5.74, 6) is 0.399. The monoisotopic (exact) mass is 314 g/mol. The van der Waals surface area contributed by atoms with Crippen molar-refractivity contribution in [2.24, 2.45) is 18.2 Å². The van der Waals surface area contributed by atoms with Gasteiger partial charge in [0.2, 0.25) is 5.91 Å². The Morgan fingerprint density at radius 1 is 1.22 bits per heavy atom. The van der Waals surface area contributed by atoms with Crippen LogP contribution in [0.15, 0.2) is 36.4 Å². The molecule has 0 radical (unpaired) electrons. The number of aromatic nitrogens is 2. The Morgan fingerprint density at radius 3 is 2.39 bits per heavy atom. The van der Waals surface area contributed by atoms with E-state index in [-0.39, 0.29) is 11.3 Å². The van der Waals surface area contributed by atoms with Gasteiger partial charge in [-0.05, 0) is 24.3 Å². The first-order valence-electron chi connectivity index (χ1n) is 7.78. The van der Waals surface area contributed by atoms with Crippen LogP contribution in [0.1, 0.15) is 39.0 Å². The molecule has 5 nitrogen and oxygen atoms in total. The third kappa shape index (κ3) is 4.20. The minimum absolute atomic E-state index is 0.141. The maximum atomic E-state index is 12.6. The van der Waals surface area contributed by atoms with Crippen molar-refractivity contribution >= 4 is 11.7 Å². The van der Waals surface area contributed by atoms with E-state index in [1.54, 1.807) is 11.6 Å². The van der Waals surface area contributed by atoms with Gasteiger partial charge in [0.15, 0.2) is 0 Å². The molecule has 5 heteroatoms. The van der Waals surface area contributed by atoms with E-state index in [1.165, 1.54) is 0 Å². The van der Waals surface area contributed by atoms with Crippen LogP contribution in [0.2, 0.25) is 0 Å². The molecule has 1 atom stereocenters. The van der Waals surface area contributed by atoms with Gasteiger partial charge in [-0.25, -0.2) is 0 Å². The smallest absolute Gasteiger partial charge is 0.249 e. The highest BCUT2D eigenvalue weighted by Crippen LogP contribution is 2.23. The summed E-state index contributed by atoms with van der Waals surface area (Å²) in [5, 5.41) is 7.36. The van der Waals surface area contributed by atoms with Gasteiger partial charge in [0.25, 0.3) is 0 Å². The molecular weight excluding hydrogens is 288 g/mol. The molecule has 1 amide bonds. The highest BCUT2D eigenvalue weighted by molar-refractivity contribution is 5.97. The minimum Gasteiger partial charge on any atom is -0.314 e. The second-order valence-corrected chi connectivity index (χ2v) is 7.40. The Kier molecular flexibility index (Phi) is 4.61. The van der Waals surface area contributed by atoms with E-state index in [9.17, 15) is 4.79 Å². The third-order valence-corrected chi connectivity index (χ3v) is 3.73. The SMILES string of the molecule is Cn1nc(CC(C)(C)C)cc1NC(=O)C(C)(N)c1ccccc1. The number of carbonyl (C=O) groups excluding carboxylic acids is 1. The molecule has 0 saturated heterocycles. The van der Waals surface area contributed by atoms with Crippen LogP contribution in [-0.2, 0) is 23.8 Å². The number of carbonyl (C=O) groups is 1. The molecule has 2 rings (SSSR count). The van der Waals surface area contributed by atoms with E-state index in [2.05, 4.69) is 31.2 Å². The molecule has 0 saturated carbocycles. The standard InChI is InChI=1S/C18H26N4O/c1-17(2,3)12-14-11-15(22(5)21-14)20-16(23)18(4,19)13-9-7-6-8-10-13/h6-11H,12,19H2,1-5H3,(H,20,23). The number of nitrogens with zero attached hydrogens (tertiary/aromatic N) is 2. The number of hydrogen-bond acceptors (Lipinski definition) is 3. The molecule has 1 aromatic carbocycles. The molecule has 1 heterocycles. The van der Waals surface area contributed by atoms with Gasteiger partial charge in [-0.3, -0.25) is 9.48 Å². The van der Waals surface area contributed by atoms with Crippen molar-refractivity contribution in [1.29, 1.82) is 0 Å². The average Bonchev–Trinajstić information content (AvgIpc) is 2.77. The van der Waals surface area contributed by atoms with Gasteiger partial charge in [-0.1, -0.05) is 51.1 Å². The lowest BCUT2D eigenvalue weighted by molar-refractivity contribution is -0.120. The van der Waals surface area contributed by atoms with Gasteiger partial charge in [-0.2, -0.15) is 5.10 Å². The Bertz CT molecular complexity index is 681. The zero-order valence-corrected chi connectivity index (χ0v) is 14.6. The number of benzene rings is 1. The minimum atomic E-state index is -1.10. The number of aryl methyl sites for hydroxylation is 1. The van der Waals surface area contributed by atoms with E-state index in [0.29, 0.717) is 5.82 Å². The molecule has 1 aromatic heterocycles. The highest BCUT2D eigenvalue weighted by atomic mass is 16.2. The normalized spacial score (nSPS) is 14.3. The van der Waals surface area contributed by atoms with Crippen LogP contribution in [0.5, 0.6) is 0 Å². The fraction of sp³-hybridized carbons (Fsp3) is 0.444. The fourth-order valence-electron chi connectivity index (χ4n) is 2.43. The van der Waals surface area contributed by atoms with Crippen LogP contribution in [0.4, 0.5) is 5.82 Å². The predicted octanol–water partition coefficient (Wildman–Crippen LogP) is 2.82. The van der Waals surface area contributed by atoms with Gasteiger partial charge < -0.3 is 11.1 Å². The molecule has 0 aliphatic heterocycles. The van der Waals surface area contributed by atoms with Crippen molar-refractivity contribution < 1.29 is 4.79 Å². The molecular formula is C18H26N4O.